The number of fused-ring (bicyclic) bond motifs is 3. The van der Waals surface area contributed by atoms with Gasteiger partial charge in [0.25, 0.3) is 0 Å². The van der Waals surface area contributed by atoms with Crippen LogP contribution in [0.3, 0.4) is 0 Å². The molecule has 0 bridgehead atoms. The topological polar surface area (TPSA) is 49.6 Å². The first kappa shape index (κ1) is 11.5. The van der Waals surface area contributed by atoms with Crippen LogP contribution < -0.4 is 0 Å². The van der Waals surface area contributed by atoms with Crippen molar-refractivity contribution in [1.29, 1.82) is 5.26 Å². The lowest BCUT2D eigenvalue weighted by molar-refractivity contribution is 1.11. The molecule has 1 aromatic carbocycles. The van der Waals surface area contributed by atoms with E-state index in [1.807, 2.05) is 12.1 Å². The van der Waals surface area contributed by atoms with Crippen molar-refractivity contribution in [2.24, 2.45) is 0 Å². The summed E-state index contributed by atoms with van der Waals surface area (Å²) in [6.45, 7) is 0. The van der Waals surface area contributed by atoms with Gasteiger partial charge in [0.2, 0.25) is 0 Å². The number of hydrogen-bond donors (Lipinski definition) is 0. The largest absolute Gasteiger partial charge is 0.235 e. The van der Waals surface area contributed by atoms with Crippen LogP contribution in [0.25, 0.3) is 20.3 Å². The molecule has 3 rings (SSSR count). The summed E-state index contributed by atoms with van der Waals surface area (Å²) < 4.78 is 2.36. The minimum Gasteiger partial charge on any atom is -0.235 e. The molecule has 0 radical (unpaired) electrons. The SMILES string of the molecule is N#CCCSc1ncnc2c1sc1ccccc12. The van der Waals surface area contributed by atoms with Gasteiger partial charge in [0.1, 0.15) is 11.4 Å². The van der Waals surface area contributed by atoms with E-state index in [1.165, 1.54) is 10.1 Å². The van der Waals surface area contributed by atoms with E-state index in [0.717, 1.165) is 21.0 Å². The lowest BCUT2D eigenvalue weighted by Crippen LogP contribution is -1.84. The second-order valence-electron chi connectivity index (χ2n) is 3.71. The molecular formula is C13H9N3S2. The van der Waals surface area contributed by atoms with Crippen LogP contribution in [0.4, 0.5) is 0 Å². The third kappa shape index (κ3) is 1.94. The third-order valence-corrected chi connectivity index (χ3v) is 4.87. The summed E-state index contributed by atoms with van der Waals surface area (Å²) in [5, 5.41) is 10.7. The number of aromatic nitrogens is 2. The maximum atomic E-state index is 8.58. The van der Waals surface area contributed by atoms with Gasteiger partial charge in [0, 0.05) is 22.3 Å². The monoisotopic (exact) mass is 271 g/mol. The first-order chi connectivity index (χ1) is 8.90. The van der Waals surface area contributed by atoms with Crippen LogP contribution in [0.2, 0.25) is 0 Å². The number of benzene rings is 1. The van der Waals surface area contributed by atoms with Crippen LogP contribution in [0.5, 0.6) is 0 Å². The molecule has 0 amide bonds. The fourth-order valence-electron chi connectivity index (χ4n) is 1.80. The van der Waals surface area contributed by atoms with Gasteiger partial charge in [-0.15, -0.1) is 23.1 Å². The average molecular weight is 271 g/mol. The van der Waals surface area contributed by atoms with Gasteiger partial charge in [-0.25, -0.2) is 9.97 Å². The van der Waals surface area contributed by atoms with Crippen molar-refractivity contribution < 1.29 is 0 Å². The summed E-state index contributed by atoms with van der Waals surface area (Å²) in [5.41, 5.74) is 1.02. The number of hydrogen-bond acceptors (Lipinski definition) is 5. The molecule has 2 aromatic heterocycles. The van der Waals surface area contributed by atoms with Crippen LogP contribution >= 0.6 is 23.1 Å². The van der Waals surface area contributed by atoms with Crippen LogP contribution in [-0.4, -0.2) is 15.7 Å². The molecule has 88 valence electrons. The van der Waals surface area contributed by atoms with Gasteiger partial charge in [0.15, 0.2) is 0 Å². The summed E-state index contributed by atoms with van der Waals surface area (Å²) >= 11 is 3.34. The highest BCUT2D eigenvalue weighted by molar-refractivity contribution is 7.99. The molecule has 0 fully saturated rings. The number of thioether (sulfide) groups is 1. The van der Waals surface area contributed by atoms with E-state index in [9.17, 15) is 0 Å². The zero-order valence-corrected chi connectivity index (χ0v) is 11.1. The Morgan fingerprint density at radius 1 is 1.28 bits per heavy atom. The summed E-state index contributed by atoms with van der Waals surface area (Å²) in [6.07, 6.45) is 2.15. The molecule has 0 atom stereocenters. The second kappa shape index (κ2) is 4.92. The van der Waals surface area contributed by atoms with Crippen molar-refractivity contribution >= 4 is 43.4 Å². The molecule has 5 heteroatoms. The summed E-state index contributed by atoms with van der Waals surface area (Å²) in [5.74, 6) is 0.775. The maximum Gasteiger partial charge on any atom is 0.117 e. The van der Waals surface area contributed by atoms with Crippen LogP contribution in [0, 0.1) is 11.3 Å². The van der Waals surface area contributed by atoms with Gasteiger partial charge in [-0.2, -0.15) is 5.26 Å². The molecule has 0 aliphatic heterocycles. The van der Waals surface area contributed by atoms with E-state index < -0.39 is 0 Å². The lowest BCUT2D eigenvalue weighted by atomic mass is 10.2. The molecule has 0 N–H and O–H groups in total. The molecule has 3 nitrogen and oxygen atoms in total. The zero-order valence-electron chi connectivity index (χ0n) is 9.46. The van der Waals surface area contributed by atoms with Crippen molar-refractivity contribution in [2.45, 2.75) is 11.4 Å². The highest BCUT2D eigenvalue weighted by Crippen LogP contribution is 2.36. The van der Waals surface area contributed by atoms with E-state index in [2.05, 4.69) is 28.2 Å². The normalized spacial score (nSPS) is 10.8. The van der Waals surface area contributed by atoms with E-state index in [1.54, 1.807) is 29.4 Å². The number of nitriles is 1. The Morgan fingerprint density at radius 2 is 2.17 bits per heavy atom. The molecule has 0 saturated carbocycles. The van der Waals surface area contributed by atoms with Gasteiger partial charge in [0.05, 0.1) is 16.3 Å². The fraction of sp³-hybridized carbons (Fsp3) is 0.154. The van der Waals surface area contributed by atoms with Crippen molar-refractivity contribution in [3.8, 4) is 6.07 Å². The van der Waals surface area contributed by atoms with Gasteiger partial charge in [-0.3, -0.25) is 0 Å². The molecule has 0 saturated heterocycles. The van der Waals surface area contributed by atoms with Crippen molar-refractivity contribution in [1.82, 2.24) is 9.97 Å². The van der Waals surface area contributed by atoms with Gasteiger partial charge < -0.3 is 0 Å². The Hall–Kier alpha value is -1.64. The molecule has 0 unspecified atom stereocenters. The first-order valence-electron chi connectivity index (χ1n) is 5.52. The Labute approximate surface area is 112 Å². The summed E-state index contributed by atoms with van der Waals surface area (Å²) in [4.78, 5) is 8.71. The number of nitrogens with zero attached hydrogens (tertiary/aromatic N) is 3. The average Bonchev–Trinajstić information content (AvgIpc) is 2.79. The third-order valence-electron chi connectivity index (χ3n) is 2.58. The second-order valence-corrected chi connectivity index (χ2v) is 5.85. The fourth-order valence-corrected chi connectivity index (χ4v) is 3.88. The minimum absolute atomic E-state index is 0.543. The van der Waals surface area contributed by atoms with Gasteiger partial charge >= 0.3 is 0 Å². The van der Waals surface area contributed by atoms with E-state index in [0.29, 0.717) is 6.42 Å². The molecule has 18 heavy (non-hydrogen) atoms. The molecule has 2 heterocycles. The molecule has 0 spiro atoms. The highest BCUT2D eigenvalue weighted by atomic mass is 32.2. The Morgan fingerprint density at radius 3 is 3.06 bits per heavy atom. The highest BCUT2D eigenvalue weighted by Gasteiger charge is 2.10. The Bertz CT molecular complexity index is 743. The molecular weight excluding hydrogens is 262 g/mol. The summed E-state index contributed by atoms with van der Waals surface area (Å²) in [7, 11) is 0. The summed E-state index contributed by atoms with van der Waals surface area (Å²) in [6, 6.07) is 10.4. The maximum absolute atomic E-state index is 8.58. The van der Waals surface area contributed by atoms with Crippen LogP contribution in [0.15, 0.2) is 35.6 Å². The first-order valence-corrected chi connectivity index (χ1v) is 7.32. The van der Waals surface area contributed by atoms with Crippen LogP contribution in [0.1, 0.15) is 6.42 Å². The van der Waals surface area contributed by atoms with Crippen molar-refractivity contribution in [2.75, 3.05) is 5.75 Å². The quantitative estimate of drug-likeness (QED) is 0.412. The molecule has 0 aliphatic carbocycles. The Balaban J connectivity index is 2.13. The van der Waals surface area contributed by atoms with Crippen LogP contribution in [-0.2, 0) is 0 Å². The predicted molar refractivity (Wildman–Crippen MR) is 75.9 cm³/mol. The number of thiophene rings is 1. The smallest absolute Gasteiger partial charge is 0.117 e. The van der Waals surface area contributed by atoms with Gasteiger partial charge in [-0.1, -0.05) is 18.2 Å². The van der Waals surface area contributed by atoms with Gasteiger partial charge in [-0.05, 0) is 6.07 Å². The van der Waals surface area contributed by atoms with Crippen molar-refractivity contribution in [3.05, 3.63) is 30.6 Å². The van der Waals surface area contributed by atoms with E-state index in [-0.39, 0.29) is 0 Å². The standard InChI is InChI=1S/C13H9N3S2/c14-6-3-7-17-13-12-11(15-8-16-13)9-4-1-2-5-10(9)18-12/h1-2,4-5,8H,3,7H2. The molecule has 3 aromatic rings. The zero-order chi connectivity index (χ0) is 12.4. The minimum atomic E-state index is 0.543. The number of rotatable bonds is 3. The van der Waals surface area contributed by atoms with E-state index in [4.69, 9.17) is 5.26 Å². The Kier molecular flexibility index (Phi) is 3.13. The molecule has 0 aliphatic rings. The van der Waals surface area contributed by atoms with E-state index >= 15 is 0 Å². The lowest BCUT2D eigenvalue weighted by Gasteiger charge is -1.98. The van der Waals surface area contributed by atoms with Crippen molar-refractivity contribution in [3.63, 3.8) is 0 Å². The predicted octanol–water partition coefficient (Wildman–Crippen LogP) is 3.85.